The number of nitrogens with zero attached hydrogens (tertiary/aromatic N) is 4. The van der Waals surface area contributed by atoms with E-state index in [1.54, 1.807) is 0 Å². The Bertz CT molecular complexity index is 479. The van der Waals surface area contributed by atoms with Crippen LogP contribution in [0.5, 0.6) is 0 Å². The van der Waals surface area contributed by atoms with Gasteiger partial charge in [0.1, 0.15) is 6.17 Å². The first-order chi connectivity index (χ1) is 10.7. The quantitative estimate of drug-likeness (QED) is 0.857. The van der Waals surface area contributed by atoms with Gasteiger partial charge in [0.2, 0.25) is 0 Å². The molecule has 7 heteroatoms. The molecule has 0 aromatic rings. The Labute approximate surface area is 131 Å². The van der Waals surface area contributed by atoms with Crippen LogP contribution >= 0.6 is 0 Å². The van der Waals surface area contributed by atoms with Crippen LogP contribution in [0.1, 0.15) is 45.4 Å². The zero-order valence-electron chi connectivity index (χ0n) is 13.2. The van der Waals surface area contributed by atoms with Crippen molar-refractivity contribution in [2.45, 2.75) is 63.8 Å². The third-order valence-electron chi connectivity index (χ3n) is 5.43. The number of carbonyl (C=O) groups is 2. The van der Waals surface area contributed by atoms with E-state index >= 15 is 0 Å². The van der Waals surface area contributed by atoms with Gasteiger partial charge in [-0.3, -0.25) is 19.6 Å². The Hall–Kier alpha value is -1.50. The lowest BCUT2D eigenvalue weighted by atomic mass is 9.94. The highest BCUT2D eigenvalue weighted by Crippen LogP contribution is 2.36. The fourth-order valence-corrected chi connectivity index (χ4v) is 4.47. The van der Waals surface area contributed by atoms with E-state index in [-0.39, 0.29) is 30.4 Å². The smallest absolute Gasteiger partial charge is 0.314 e. The van der Waals surface area contributed by atoms with E-state index in [1.165, 1.54) is 19.3 Å². The average Bonchev–Trinajstić information content (AvgIpc) is 2.99. The Kier molecular flexibility index (Phi) is 3.40. The molecule has 3 saturated heterocycles. The maximum absolute atomic E-state index is 12.9. The van der Waals surface area contributed by atoms with E-state index in [2.05, 4.69) is 17.1 Å². The lowest BCUT2D eigenvalue weighted by Gasteiger charge is -2.41. The molecule has 0 unspecified atom stereocenters. The zero-order valence-corrected chi connectivity index (χ0v) is 13.2. The first-order valence-corrected chi connectivity index (χ1v) is 8.59. The van der Waals surface area contributed by atoms with Crippen LogP contribution in [0, 0.1) is 0 Å². The van der Waals surface area contributed by atoms with Gasteiger partial charge in [-0.1, -0.05) is 26.2 Å². The fraction of sp³-hybridized carbons (Fsp3) is 0.867. The fourth-order valence-electron chi connectivity index (χ4n) is 4.47. The van der Waals surface area contributed by atoms with Crippen LogP contribution in [-0.2, 0) is 0 Å². The average molecular weight is 307 g/mol. The molecule has 1 N–H and O–H groups in total. The summed E-state index contributed by atoms with van der Waals surface area (Å²) in [6.45, 7) is 4.30. The maximum Gasteiger partial charge on any atom is 0.324 e. The number of hydrogen-bond donors (Lipinski definition) is 1. The van der Waals surface area contributed by atoms with E-state index in [9.17, 15) is 9.59 Å². The first kappa shape index (κ1) is 14.1. The lowest BCUT2D eigenvalue weighted by Crippen LogP contribution is -2.59. The van der Waals surface area contributed by atoms with Crippen LogP contribution in [0.2, 0.25) is 0 Å². The van der Waals surface area contributed by atoms with Crippen molar-refractivity contribution in [2.24, 2.45) is 0 Å². The van der Waals surface area contributed by atoms with Crippen LogP contribution in [0.15, 0.2) is 0 Å². The summed E-state index contributed by atoms with van der Waals surface area (Å²) in [6, 6.07) is 0.360. The SMILES string of the molecule is CCCN1CN2C(=O)N[C@H]3[C@H]2N(C1)C(=O)N3C1CCCCC1. The molecule has 1 aliphatic carbocycles. The normalized spacial score (nSPS) is 32.7. The Balaban J connectivity index is 1.60. The molecule has 0 aromatic heterocycles. The second-order valence-electron chi connectivity index (χ2n) is 6.91. The number of nitrogens with one attached hydrogen (secondary N) is 1. The maximum atomic E-state index is 12.9. The summed E-state index contributed by atoms with van der Waals surface area (Å²) in [5.74, 6) is 0. The summed E-state index contributed by atoms with van der Waals surface area (Å²) in [6.07, 6.45) is 6.52. The van der Waals surface area contributed by atoms with Crippen molar-refractivity contribution in [2.75, 3.05) is 19.9 Å². The molecule has 1 saturated carbocycles. The Morgan fingerprint density at radius 1 is 1.09 bits per heavy atom. The molecular weight excluding hydrogens is 282 g/mol. The highest BCUT2D eigenvalue weighted by atomic mass is 16.2. The minimum Gasteiger partial charge on any atom is -0.314 e. The van der Waals surface area contributed by atoms with Gasteiger partial charge in [0.25, 0.3) is 0 Å². The number of hydrogen-bond acceptors (Lipinski definition) is 3. The third-order valence-corrected chi connectivity index (χ3v) is 5.43. The van der Waals surface area contributed by atoms with Crippen molar-refractivity contribution < 1.29 is 9.59 Å². The molecule has 0 spiro atoms. The largest absolute Gasteiger partial charge is 0.324 e. The van der Waals surface area contributed by atoms with Crippen LogP contribution in [0.3, 0.4) is 0 Å². The highest BCUT2D eigenvalue weighted by Gasteiger charge is 2.58. The van der Waals surface area contributed by atoms with Gasteiger partial charge in [-0.05, 0) is 19.3 Å². The predicted octanol–water partition coefficient (Wildman–Crippen LogP) is 1.37. The van der Waals surface area contributed by atoms with E-state index in [1.807, 2.05) is 14.7 Å². The summed E-state index contributed by atoms with van der Waals surface area (Å²) in [5.41, 5.74) is 0. The van der Waals surface area contributed by atoms with Gasteiger partial charge >= 0.3 is 12.1 Å². The molecule has 0 aromatic carbocycles. The number of rotatable bonds is 3. The molecule has 4 rings (SSSR count). The van der Waals surface area contributed by atoms with E-state index in [0.717, 1.165) is 25.8 Å². The van der Waals surface area contributed by atoms with Gasteiger partial charge < -0.3 is 5.32 Å². The van der Waals surface area contributed by atoms with Crippen molar-refractivity contribution in [3.05, 3.63) is 0 Å². The highest BCUT2D eigenvalue weighted by molar-refractivity contribution is 5.85. The van der Waals surface area contributed by atoms with Gasteiger partial charge in [0.05, 0.1) is 13.3 Å². The molecule has 2 atom stereocenters. The molecule has 0 radical (unpaired) electrons. The van der Waals surface area contributed by atoms with Crippen LogP contribution in [-0.4, -0.2) is 69.9 Å². The van der Waals surface area contributed by atoms with E-state index < -0.39 is 0 Å². The van der Waals surface area contributed by atoms with Gasteiger partial charge in [0.15, 0.2) is 6.17 Å². The summed E-state index contributed by atoms with van der Waals surface area (Å²) >= 11 is 0. The second-order valence-corrected chi connectivity index (χ2v) is 6.91. The van der Waals surface area contributed by atoms with Crippen LogP contribution < -0.4 is 5.32 Å². The Morgan fingerprint density at radius 3 is 2.55 bits per heavy atom. The van der Waals surface area contributed by atoms with Crippen LogP contribution in [0.25, 0.3) is 0 Å². The second kappa shape index (κ2) is 5.30. The standard InChI is InChI=1S/C15H25N5O2/c1-2-8-17-9-18-13-12(16-14(18)21)20(15(22)19(13)10-17)11-6-4-3-5-7-11/h11-13H,2-10H2,1H3,(H,16,21)/t12-,13-/m1/s1. The summed E-state index contributed by atoms with van der Waals surface area (Å²) < 4.78 is 0. The van der Waals surface area contributed by atoms with Gasteiger partial charge in [-0.25, -0.2) is 9.59 Å². The van der Waals surface area contributed by atoms with Gasteiger partial charge in [-0.15, -0.1) is 0 Å². The molecule has 122 valence electrons. The van der Waals surface area contributed by atoms with Gasteiger partial charge in [-0.2, -0.15) is 0 Å². The predicted molar refractivity (Wildman–Crippen MR) is 80.6 cm³/mol. The zero-order chi connectivity index (χ0) is 15.3. The van der Waals surface area contributed by atoms with Crippen molar-refractivity contribution in [3.8, 4) is 0 Å². The number of urea groups is 2. The Morgan fingerprint density at radius 2 is 1.82 bits per heavy atom. The molecule has 0 bridgehead atoms. The molecule has 4 amide bonds. The summed E-state index contributed by atoms with van der Waals surface area (Å²) in [7, 11) is 0. The van der Waals surface area contributed by atoms with E-state index in [4.69, 9.17) is 0 Å². The topological polar surface area (TPSA) is 59.1 Å². The van der Waals surface area contributed by atoms with Crippen molar-refractivity contribution in [1.29, 1.82) is 0 Å². The monoisotopic (exact) mass is 307 g/mol. The minimum atomic E-state index is -0.160. The minimum absolute atomic E-state index is 0.0332. The molecule has 7 nitrogen and oxygen atoms in total. The van der Waals surface area contributed by atoms with Crippen molar-refractivity contribution in [3.63, 3.8) is 0 Å². The summed E-state index contributed by atoms with van der Waals surface area (Å²) in [4.78, 5) is 33.1. The third kappa shape index (κ3) is 1.98. The molecule has 4 aliphatic rings. The molecule has 4 fully saturated rings. The summed E-state index contributed by atoms with van der Waals surface area (Å²) in [5, 5.41) is 3.05. The van der Waals surface area contributed by atoms with E-state index in [0.29, 0.717) is 13.3 Å². The number of amides is 4. The first-order valence-electron chi connectivity index (χ1n) is 8.59. The molecule has 22 heavy (non-hydrogen) atoms. The number of carbonyl (C=O) groups excluding carboxylic acids is 2. The molecule has 3 aliphatic heterocycles. The molecular formula is C15H25N5O2. The van der Waals surface area contributed by atoms with Crippen molar-refractivity contribution >= 4 is 12.1 Å². The van der Waals surface area contributed by atoms with Crippen LogP contribution in [0.4, 0.5) is 9.59 Å². The molecule has 3 heterocycles. The van der Waals surface area contributed by atoms with Gasteiger partial charge in [0, 0.05) is 12.6 Å². The van der Waals surface area contributed by atoms with Crippen molar-refractivity contribution in [1.82, 2.24) is 24.9 Å². The lowest BCUT2D eigenvalue weighted by molar-refractivity contribution is -0.0102.